The van der Waals surface area contributed by atoms with Crippen LogP contribution < -0.4 is 0 Å². The van der Waals surface area contributed by atoms with Crippen LogP contribution in [0.15, 0.2) is 0 Å². The fourth-order valence-electron chi connectivity index (χ4n) is 4.07. The maximum absolute atomic E-state index is 12.5. The minimum atomic E-state index is -0.615. The molecule has 0 N–H and O–H groups in total. The maximum atomic E-state index is 12.5. The van der Waals surface area contributed by atoms with Crippen LogP contribution in [-0.4, -0.2) is 35.7 Å². The van der Waals surface area contributed by atoms with Crippen molar-refractivity contribution in [3.8, 4) is 0 Å². The molecule has 1 saturated heterocycles. The molecule has 0 aromatic carbocycles. The van der Waals surface area contributed by atoms with Crippen molar-refractivity contribution >= 4 is 17.9 Å². The van der Waals surface area contributed by atoms with Crippen molar-refractivity contribution in [1.82, 2.24) is 0 Å². The Morgan fingerprint density at radius 2 is 1.95 bits per heavy atom. The number of esters is 3. The summed E-state index contributed by atoms with van der Waals surface area (Å²) in [6.07, 6.45) is 0.0243. The first kappa shape index (κ1) is 15.3. The molecule has 2 aliphatic carbocycles. The minimum absolute atomic E-state index is 0.0373. The van der Waals surface area contributed by atoms with Gasteiger partial charge in [0, 0.05) is 18.3 Å². The molecule has 0 spiro atoms. The number of ether oxygens (including phenoxy) is 3. The Bertz CT molecular complexity index is 519. The summed E-state index contributed by atoms with van der Waals surface area (Å²) < 4.78 is 16.3. The number of hydrogen-bond donors (Lipinski definition) is 0. The van der Waals surface area contributed by atoms with Crippen LogP contribution in [0.3, 0.4) is 0 Å². The van der Waals surface area contributed by atoms with E-state index in [1.807, 2.05) is 0 Å². The lowest BCUT2D eigenvalue weighted by molar-refractivity contribution is -0.171. The molecule has 3 fully saturated rings. The van der Waals surface area contributed by atoms with E-state index in [9.17, 15) is 14.4 Å². The fraction of sp³-hybridized carbons (Fsp3) is 0.812. The van der Waals surface area contributed by atoms with Gasteiger partial charge in [-0.25, -0.2) is 0 Å². The highest BCUT2D eigenvalue weighted by molar-refractivity contribution is 5.86. The van der Waals surface area contributed by atoms with Gasteiger partial charge in [-0.3, -0.25) is 14.4 Å². The summed E-state index contributed by atoms with van der Waals surface area (Å²) in [7, 11) is 0. The normalized spacial score (nSPS) is 38.8. The summed E-state index contributed by atoms with van der Waals surface area (Å²) in [5.74, 6) is -2.31. The van der Waals surface area contributed by atoms with Crippen LogP contribution in [0.4, 0.5) is 0 Å². The van der Waals surface area contributed by atoms with Crippen molar-refractivity contribution in [3.63, 3.8) is 0 Å². The van der Waals surface area contributed by atoms with Crippen LogP contribution in [-0.2, 0) is 28.6 Å². The standard InChI is InChI=1S/C16H22O6/c1-5-9(17)20-12-8-6-7-10(14(18)21-13(7)12)11(8)15(19)22-16(2,3)4/h7-8,10-13H,5-6H2,1-4H3. The van der Waals surface area contributed by atoms with E-state index >= 15 is 0 Å². The molecule has 0 aromatic heterocycles. The number of hydrogen-bond acceptors (Lipinski definition) is 6. The molecule has 0 radical (unpaired) electrons. The third kappa shape index (κ3) is 2.29. The smallest absolute Gasteiger partial charge is 0.310 e. The van der Waals surface area contributed by atoms with Gasteiger partial charge in [-0.1, -0.05) is 6.92 Å². The molecule has 3 rings (SSSR count). The van der Waals surface area contributed by atoms with E-state index in [0.29, 0.717) is 6.42 Å². The molecule has 6 unspecified atom stereocenters. The molecule has 6 heteroatoms. The highest BCUT2D eigenvalue weighted by atomic mass is 16.6. The first-order valence-corrected chi connectivity index (χ1v) is 7.85. The van der Waals surface area contributed by atoms with Gasteiger partial charge >= 0.3 is 17.9 Å². The van der Waals surface area contributed by atoms with Crippen molar-refractivity contribution in [1.29, 1.82) is 0 Å². The molecule has 122 valence electrons. The zero-order chi connectivity index (χ0) is 16.2. The first-order valence-electron chi connectivity index (χ1n) is 7.85. The summed E-state index contributed by atoms with van der Waals surface area (Å²) in [5, 5.41) is 0. The van der Waals surface area contributed by atoms with Gasteiger partial charge in [0.1, 0.15) is 17.8 Å². The minimum Gasteiger partial charge on any atom is -0.460 e. The third-order valence-electron chi connectivity index (χ3n) is 4.78. The van der Waals surface area contributed by atoms with Crippen molar-refractivity contribution < 1.29 is 28.6 Å². The van der Waals surface area contributed by atoms with Crippen molar-refractivity contribution in [2.45, 2.75) is 58.3 Å². The molecular formula is C16H22O6. The van der Waals surface area contributed by atoms with Crippen LogP contribution >= 0.6 is 0 Å². The lowest BCUT2D eigenvalue weighted by Gasteiger charge is -2.32. The molecule has 1 aliphatic heterocycles. The molecular weight excluding hydrogens is 288 g/mol. The Morgan fingerprint density at radius 3 is 2.55 bits per heavy atom. The van der Waals surface area contributed by atoms with Gasteiger partial charge in [0.25, 0.3) is 0 Å². The number of rotatable bonds is 3. The van der Waals surface area contributed by atoms with E-state index in [2.05, 4.69) is 0 Å². The third-order valence-corrected chi connectivity index (χ3v) is 4.78. The maximum Gasteiger partial charge on any atom is 0.310 e. The van der Waals surface area contributed by atoms with Crippen LogP contribution in [0.25, 0.3) is 0 Å². The van der Waals surface area contributed by atoms with Gasteiger partial charge in [-0.2, -0.15) is 0 Å². The van der Waals surface area contributed by atoms with E-state index in [0.717, 1.165) is 0 Å². The molecule has 6 nitrogen and oxygen atoms in total. The van der Waals surface area contributed by atoms with E-state index < -0.39 is 29.6 Å². The summed E-state index contributed by atoms with van der Waals surface area (Å²) in [6, 6.07) is 0. The number of carbonyl (C=O) groups excluding carboxylic acids is 3. The molecule has 6 atom stereocenters. The van der Waals surface area contributed by atoms with Gasteiger partial charge in [0.05, 0.1) is 11.8 Å². The Morgan fingerprint density at radius 1 is 1.27 bits per heavy atom. The van der Waals surface area contributed by atoms with Crippen molar-refractivity contribution in [3.05, 3.63) is 0 Å². The van der Waals surface area contributed by atoms with E-state index in [-0.39, 0.29) is 36.2 Å². The molecule has 2 bridgehead atoms. The average Bonchev–Trinajstić information content (AvgIpc) is 2.99. The zero-order valence-corrected chi connectivity index (χ0v) is 13.3. The lowest BCUT2D eigenvalue weighted by atomic mass is 9.78. The highest BCUT2D eigenvalue weighted by Gasteiger charge is 2.70. The predicted molar refractivity (Wildman–Crippen MR) is 74.5 cm³/mol. The van der Waals surface area contributed by atoms with E-state index in [4.69, 9.17) is 14.2 Å². The second kappa shape index (κ2) is 4.96. The van der Waals surface area contributed by atoms with Crippen LogP contribution in [0.2, 0.25) is 0 Å². The van der Waals surface area contributed by atoms with E-state index in [1.54, 1.807) is 27.7 Å². The Hall–Kier alpha value is -1.59. The summed E-state index contributed by atoms with van der Waals surface area (Å²) in [6.45, 7) is 7.10. The predicted octanol–water partition coefficient (Wildman–Crippen LogP) is 1.46. The Kier molecular flexibility index (Phi) is 3.45. The van der Waals surface area contributed by atoms with Gasteiger partial charge in [-0.05, 0) is 27.2 Å². The Labute approximate surface area is 129 Å². The molecule has 1 heterocycles. The van der Waals surface area contributed by atoms with Gasteiger partial charge in [0.15, 0.2) is 0 Å². The van der Waals surface area contributed by atoms with Gasteiger partial charge < -0.3 is 14.2 Å². The van der Waals surface area contributed by atoms with Gasteiger partial charge in [-0.15, -0.1) is 0 Å². The monoisotopic (exact) mass is 310 g/mol. The second-order valence-electron chi connectivity index (χ2n) is 7.36. The summed E-state index contributed by atoms with van der Waals surface area (Å²) >= 11 is 0. The SMILES string of the molecule is CCC(=O)OC1C2CC3C1OC(=O)C3C2C(=O)OC(C)(C)C. The van der Waals surface area contributed by atoms with Crippen molar-refractivity contribution in [2.24, 2.45) is 23.7 Å². The molecule has 22 heavy (non-hydrogen) atoms. The molecule has 0 aromatic rings. The lowest BCUT2D eigenvalue weighted by Crippen LogP contribution is -2.44. The van der Waals surface area contributed by atoms with Crippen LogP contribution in [0.5, 0.6) is 0 Å². The van der Waals surface area contributed by atoms with Gasteiger partial charge in [0.2, 0.25) is 0 Å². The van der Waals surface area contributed by atoms with Crippen LogP contribution in [0.1, 0.15) is 40.5 Å². The van der Waals surface area contributed by atoms with Crippen molar-refractivity contribution in [2.75, 3.05) is 0 Å². The quantitative estimate of drug-likeness (QED) is 0.580. The molecule has 3 aliphatic rings. The first-order chi connectivity index (χ1) is 10.2. The highest BCUT2D eigenvalue weighted by Crippen LogP contribution is 2.59. The molecule has 2 saturated carbocycles. The summed E-state index contributed by atoms with van der Waals surface area (Å²) in [4.78, 5) is 36.2. The average molecular weight is 310 g/mol. The second-order valence-corrected chi connectivity index (χ2v) is 7.36. The van der Waals surface area contributed by atoms with E-state index in [1.165, 1.54) is 0 Å². The topological polar surface area (TPSA) is 78.9 Å². The fourth-order valence-corrected chi connectivity index (χ4v) is 4.07. The number of fused-ring (bicyclic) bond motifs is 1. The largest absolute Gasteiger partial charge is 0.460 e. The van der Waals surface area contributed by atoms with Crippen LogP contribution in [0, 0.1) is 23.7 Å². The molecule has 0 amide bonds. The number of carbonyl (C=O) groups is 3. The Balaban J connectivity index is 1.84. The zero-order valence-electron chi connectivity index (χ0n) is 13.3. The summed E-state index contributed by atoms with van der Waals surface area (Å²) in [5.41, 5.74) is -0.615.